The van der Waals surface area contributed by atoms with Gasteiger partial charge in [-0.05, 0) is 48.2 Å². The molecule has 1 heterocycles. The Morgan fingerprint density at radius 2 is 1.71 bits per heavy atom. The summed E-state index contributed by atoms with van der Waals surface area (Å²) in [7, 11) is -4.71. The Kier molecular flexibility index (Phi) is 7.37. The maximum Gasteiger partial charge on any atom is 0.469 e. The van der Waals surface area contributed by atoms with E-state index in [1.807, 2.05) is 30.3 Å². The molecule has 3 aromatic carbocycles. The molecule has 0 fully saturated rings. The van der Waals surface area contributed by atoms with Crippen molar-refractivity contribution in [1.82, 2.24) is 0 Å². The monoisotopic (exact) mass is 499 g/mol. The fraction of sp³-hybridized carbons (Fsp3) is 0.240. The number of aryl methyl sites for hydroxylation is 1. The lowest BCUT2D eigenvalue weighted by atomic mass is 9.93. The van der Waals surface area contributed by atoms with Crippen molar-refractivity contribution in [3.63, 3.8) is 0 Å². The van der Waals surface area contributed by atoms with Crippen molar-refractivity contribution in [3.05, 3.63) is 88.1 Å². The van der Waals surface area contributed by atoms with Crippen molar-refractivity contribution < 1.29 is 33.1 Å². The molecule has 0 spiro atoms. The highest BCUT2D eigenvalue weighted by Gasteiger charge is 2.28. The predicted molar refractivity (Wildman–Crippen MR) is 131 cm³/mol. The molecular weight excluding hydrogens is 473 g/mol. The number of phosphoric ester groups is 1. The van der Waals surface area contributed by atoms with E-state index in [0.29, 0.717) is 40.7 Å². The zero-order valence-electron chi connectivity index (χ0n) is 18.8. The molecule has 0 saturated carbocycles. The van der Waals surface area contributed by atoms with Gasteiger partial charge in [0.25, 0.3) is 0 Å². The number of fused-ring (bicyclic) bond motifs is 2. The molecule has 0 saturated heterocycles. The summed E-state index contributed by atoms with van der Waals surface area (Å²) in [5.74, 6) is 0.585. The van der Waals surface area contributed by atoms with E-state index in [2.05, 4.69) is 4.52 Å². The molecule has 1 aromatic heterocycles. The summed E-state index contributed by atoms with van der Waals surface area (Å²) < 4.78 is 27.2. The summed E-state index contributed by atoms with van der Waals surface area (Å²) >= 11 is 0. The number of ether oxygens (including phenoxy) is 1. The lowest BCUT2D eigenvalue weighted by Crippen LogP contribution is -2.48. The van der Waals surface area contributed by atoms with Crippen molar-refractivity contribution in [2.75, 3.05) is 13.2 Å². The number of hydrogen-bond acceptors (Lipinski definition) is 7. The van der Waals surface area contributed by atoms with E-state index in [9.17, 15) is 14.5 Å². The van der Waals surface area contributed by atoms with Gasteiger partial charge in [-0.3, -0.25) is 9.32 Å². The third kappa shape index (κ3) is 6.35. The van der Waals surface area contributed by atoms with Crippen LogP contribution in [-0.4, -0.2) is 33.6 Å². The quantitative estimate of drug-likeness (QED) is 0.190. The Bertz CT molecular complexity index is 1430. The second-order valence-corrected chi connectivity index (χ2v) is 9.72. The molecule has 0 aliphatic carbocycles. The van der Waals surface area contributed by atoms with E-state index >= 15 is 0 Å². The maximum atomic E-state index is 13.1. The molecule has 4 rings (SSSR count). The summed E-state index contributed by atoms with van der Waals surface area (Å²) in [5, 5.41) is 10.4. The fourth-order valence-electron chi connectivity index (χ4n) is 3.67. The Hall–Kier alpha value is -3.04. The molecular formula is C25H26NO8P. The molecule has 35 heavy (non-hydrogen) atoms. The van der Waals surface area contributed by atoms with Crippen LogP contribution in [0, 0.1) is 0 Å². The van der Waals surface area contributed by atoms with E-state index in [1.54, 1.807) is 36.4 Å². The first-order valence-electron chi connectivity index (χ1n) is 10.9. The van der Waals surface area contributed by atoms with E-state index < -0.39 is 26.6 Å². The van der Waals surface area contributed by atoms with Crippen molar-refractivity contribution >= 4 is 29.8 Å². The number of aliphatic hydroxyl groups excluding tert-OH is 1. The summed E-state index contributed by atoms with van der Waals surface area (Å²) in [4.78, 5) is 30.9. The van der Waals surface area contributed by atoms with Gasteiger partial charge in [0.2, 0.25) is 5.43 Å². The number of benzene rings is 3. The minimum Gasteiger partial charge on any atom is -0.489 e. The lowest BCUT2D eigenvalue weighted by molar-refractivity contribution is 0.102. The first kappa shape index (κ1) is 25.1. The van der Waals surface area contributed by atoms with Crippen LogP contribution < -0.4 is 15.9 Å². The predicted octanol–water partition coefficient (Wildman–Crippen LogP) is 3.26. The van der Waals surface area contributed by atoms with Gasteiger partial charge in [-0.2, -0.15) is 0 Å². The normalized spacial score (nSPS) is 13.7. The summed E-state index contributed by atoms with van der Waals surface area (Å²) in [5.41, 5.74) is 7.10. The molecule has 184 valence electrons. The molecule has 9 nitrogen and oxygen atoms in total. The van der Waals surface area contributed by atoms with Crippen LogP contribution in [0.5, 0.6) is 5.75 Å². The van der Waals surface area contributed by atoms with Gasteiger partial charge in [0.15, 0.2) is 0 Å². The van der Waals surface area contributed by atoms with Crippen LogP contribution in [0.2, 0.25) is 0 Å². The van der Waals surface area contributed by atoms with E-state index in [1.165, 1.54) is 0 Å². The van der Waals surface area contributed by atoms with Gasteiger partial charge >= 0.3 is 7.82 Å². The average molecular weight is 499 g/mol. The van der Waals surface area contributed by atoms with Crippen LogP contribution >= 0.6 is 7.82 Å². The Labute approximate surface area is 201 Å². The molecule has 5 N–H and O–H groups in total. The van der Waals surface area contributed by atoms with Crippen molar-refractivity contribution in [1.29, 1.82) is 0 Å². The summed E-state index contributed by atoms with van der Waals surface area (Å²) in [6, 6.07) is 20.0. The topological polar surface area (TPSA) is 152 Å². The molecule has 0 aliphatic heterocycles. The number of phosphoric acid groups is 1. The van der Waals surface area contributed by atoms with Crippen molar-refractivity contribution in [2.45, 2.75) is 25.0 Å². The summed E-state index contributed by atoms with van der Waals surface area (Å²) in [6.07, 6.45) is 0.525. The number of aliphatic hydroxyl groups is 1. The van der Waals surface area contributed by atoms with Crippen LogP contribution in [0.15, 0.2) is 75.9 Å². The highest BCUT2D eigenvalue weighted by atomic mass is 31.2. The van der Waals surface area contributed by atoms with E-state index in [-0.39, 0.29) is 11.8 Å². The van der Waals surface area contributed by atoms with Crippen LogP contribution in [0.3, 0.4) is 0 Å². The zero-order chi connectivity index (χ0) is 25.1. The summed E-state index contributed by atoms with van der Waals surface area (Å²) in [6.45, 7) is -0.645. The first-order valence-corrected chi connectivity index (χ1v) is 12.4. The molecule has 1 unspecified atom stereocenters. The molecule has 0 amide bonds. The minimum atomic E-state index is -4.71. The Morgan fingerprint density at radius 3 is 2.43 bits per heavy atom. The number of hydrogen-bond donors (Lipinski definition) is 4. The lowest BCUT2D eigenvalue weighted by Gasteiger charge is -2.27. The third-order valence-corrected chi connectivity index (χ3v) is 6.17. The first-order chi connectivity index (χ1) is 16.7. The highest BCUT2D eigenvalue weighted by Crippen LogP contribution is 2.37. The van der Waals surface area contributed by atoms with Gasteiger partial charge in [0.1, 0.15) is 23.5 Å². The van der Waals surface area contributed by atoms with E-state index in [0.717, 1.165) is 11.1 Å². The van der Waals surface area contributed by atoms with Gasteiger partial charge in [-0.25, -0.2) is 4.57 Å². The van der Waals surface area contributed by atoms with Gasteiger partial charge in [-0.1, -0.05) is 36.4 Å². The Balaban J connectivity index is 1.53. The van der Waals surface area contributed by atoms with Crippen molar-refractivity contribution in [2.24, 2.45) is 5.73 Å². The van der Waals surface area contributed by atoms with Gasteiger partial charge in [-0.15, -0.1) is 0 Å². The maximum absolute atomic E-state index is 13.1. The zero-order valence-corrected chi connectivity index (χ0v) is 19.7. The van der Waals surface area contributed by atoms with Crippen molar-refractivity contribution in [3.8, 4) is 5.75 Å². The largest absolute Gasteiger partial charge is 0.489 e. The van der Waals surface area contributed by atoms with E-state index in [4.69, 9.17) is 24.7 Å². The van der Waals surface area contributed by atoms with Gasteiger partial charge < -0.3 is 29.8 Å². The Morgan fingerprint density at radius 1 is 0.943 bits per heavy atom. The van der Waals surface area contributed by atoms with Gasteiger partial charge in [0.05, 0.1) is 29.5 Å². The smallest absolute Gasteiger partial charge is 0.469 e. The molecule has 0 bridgehead atoms. The standard InChI is InChI=1S/C25H26NO8P/c26-25(15-27,16-33-35(29,30)31)11-10-17-6-9-22-21(12-17)24(28)20-8-7-19(13-23(20)34-22)32-14-18-4-2-1-3-5-18/h1-9,12-13,27H,10-11,14-16,26H2,(H2,29,30,31). The molecule has 0 radical (unpaired) electrons. The number of nitrogens with two attached hydrogens (primary N) is 1. The van der Waals surface area contributed by atoms with Crippen LogP contribution in [-0.2, 0) is 22.1 Å². The molecule has 1 atom stereocenters. The second-order valence-electron chi connectivity index (χ2n) is 8.48. The average Bonchev–Trinajstić information content (AvgIpc) is 2.85. The van der Waals surface area contributed by atoms with Gasteiger partial charge in [0, 0.05) is 6.07 Å². The highest BCUT2D eigenvalue weighted by molar-refractivity contribution is 7.46. The number of rotatable bonds is 10. The SMILES string of the molecule is NC(CO)(CCc1ccc2oc3cc(OCc4ccccc4)ccc3c(=O)c2c1)COP(=O)(O)O. The second kappa shape index (κ2) is 10.3. The molecule has 10 heteroatoms. The molecule has 0 aliphatic rings. The van der Waals surface area contributed by atoms with Crippen LogP contribution in [0.4, 0.5) is 0 Å². The van der Waals surface area contributed by atoms with Crippen LogP contribution in [0.25, 0.3) is 21.9 Å². The minimum absolute atomic E-state index is 0.177. The fourth-order valence-corrected chi connectivity index (χ4v) is 4.10. The van der Waals surface area contributed by atoms with Crippen LogP contribution in [0.1, 0.15) is 17.5 Å². The molecule has 4 aromatic rings. The third-order valence-electron chi connectivity index (χ3n) is 5.70.